The number of esters is 1. The summed E-state index contributed by atoms with van der Waals surface area (Å²) in [6.07, 6.45) is 2.29. The van der Waals surface area contributed by atoms with Crippen LogP contribution in [0.15, 0.2) is 30.3 Å². The third-order valence-electron chi connectivity index (χ3n) is 2.15. The van der Waals surface area contributed by atoms with Crippen molar-refractivity contribution in [2.24, 2.45) is 0 Å². The predicted molar refractivity (Wildman–Crippen MR) is 66.4 cm³/mol. The van der Waals surface area contributed by atoms with Crippen molar-refractivity contribution >= 4 is 23.1 Å². The molecule has 0 saturated heterocycles. The Kier molecular flexibility index (Phi) is 5.06. The molecule has 1 aromatic carbocycles. The average molecular weight is 239 g/mol. The maximum Gasteiger partial charge on any atom is 0.331 e. The number of carbonyl (C=O) groups excluding carboxylic acids is 1. The Labute approximate surface area is 101 Å². The van der Waals surface area contributed by atoms with Crippen molar-refractivity contribution in [3.63, 3.8) is 0 Å². The maximum atomic E-state index is 11.3. The molecule has 16 heavy (non-hydrogen) atoms. The molecule has 0 aliphatic heterocycles. The number of rotatable bonds is 4. The third kappa shape index (κ3) is 3.70. The molecule has 2 nitrogen and oxygen atoms in total. The van der Waals surface area contributed by atoms with E-state index < -0.39 is 0 Å². The molecule has 0 N–H and O–H groups in total. The van der Waals surface area contributed by atoms with E-state index in [2.05, 4.69) is 0 Å². The molecule has 3 heteroatoms. The molecule has 0 aliphatic carbocycles. The molecule has 0 radical (unpaired) electrons. The lowest BCUT2D eigenvalue weighted by Gasteiger charge is -2.05. The minimum atomic E-state index is -0.306. The Hall–Kier alpha value is -1.28. The number of ether oxygens (including phenoxy) is 1. The summed E-state index contributed by atoms with van der Waals surface area (Å²) < 4.78 is 4.88. The van der Waals surface area contributed by atoms with Crippen molar-refractivity contribution in [3.05, 3.63) is 40.9 Å². The van der Waals surface area contributed by atoms with Crippen LogP contribution in [0.1, 0.15) is 25.8 Å². The quantitative estimate of drug-likeness (QED) is 0.591. The number of halogens is 1. The first-order valence-electron chi connectivity index (χ1n) is 5.30. The molecular weight excluding hydrogens is 224 g/mol. The van der Waals surface area contributed by atoms with Gasteiger partial charge in [0.05, 0.1) is 6.61 Å². The standard InChI is InChI=1S/C13H15ClO2/c1-3-10(9-13(15)16-4-2)11-6-5-7-12(14)8-11/h5-9H,3-4H2,1-2H3/b10-9-. The second-order valence-electron chi connectivity index (χ2n) is 3.29. The first-order chi connectivity index (χ1) is 7.67. The van der Waals surface area contributed by atoms with E-state index in [4.69, 9.17) is 16.3 Å². The minimum Gasteiger partial charge on any atom is -0.463 e. The van der Waals surface area contributed by atoms with Crippen LogP contribution in [0, 0.1) is 0 Å². The van der Waals surface area contributed by atoms with Gasteiger partial charge in [-0.3, -0.25) is 0 Å². The summed E-state index contributed by atoms with van der Waals surface area (Å²) in [4.78, 5) is 11.3. The number of hydrogen-bond donors (Lipinski definition) is 0. The van der Waals surface area contributed by atoms with Gasteiger partial charge in [-0.1, -0.05) is 30.7 Å². The van der Waals surface area contributed by atoms with E-state index in [0.29, 0.717) is 11.6 Å². The van der Waals surface area contributed by atoms with Gasteiger partial charge in [0.25, 0.3) is 0 Å². The SMILES string of the molecule is CCOC(=O)/C=C(/CC)c1cccc(Cl)c1. The van der Waals surface area contributed by atoms with Gasteiger partial charge in [0.2, 0.25) is 0 Å². The molecule has 0 aliphatic rings. The molecule has 1 aromatic rings. The highest BCUT2D eigenvalue weighted by atomic mass is 35.5. The summed E-state index contributed by atoms with van der Waals surface area (Å²) >= 11 is 5.90. The topological polar surface area (TPSA) is 26.3 Å². The smallest absolute Gasteiger partial charge is 0.331 e. The summed E-state index contributed by atoms with van der Waals surface area (Å²) in [5, 5.41) is 0.667. The molecule has 0 unspecified atom stereocenters. The zero-order chi connectivity index (χ0) is 12.0. The van der Waals surface area contributed by atoms with Gasteiger partial charge in [0.1, 0.15) is 0 Å². The molecule has 0 saturated carbocycles. The van der Waals surface area contributed by atoms with Gasteiger partial charge in [0, 0.05) is 11.1 Å². The average Bonchev–Trinajstić information content (AvgIpc) is 2.26. The van der Waals surface area contributed by atoms with Gasteiger partial charge in [-0.25, -0.2) is 4.79 Å². The normalized spacial score (nSPS) is 11.3. The first-order valence-corrected chi connectivity index (χ1v) is 5.68. The fourth-order valence-electron chi connectivity index (χ4n) is 1.40. The predicted octanol–water partition coefficient (Wildman–Crippen LogP) is 3.70. The van der Waals surface area contributed by atoms with E-state index in [-0.39, 0.29) is 5.97 Å². The highest BCUT2D eigenvalue weighted by molar-refractivity contribution is 6.30. The van der Waals surface area contributed by atoms with Crippen LogP contribution in [0.5, 0.6) is 0 Å². The van der Waals surface area contributed by atoms with Crippen LogP contribution in [-0.2, 0) is 9.53 Å². The second-order valence-corrected chi connectivity index (χ2v) is 3.72. The second kappa shape index (κ2) is 6.33. The van der Waals surface area contributed by atoms with Gasteiger partial charge in [0.15, 0.2) is 0 Å². The van der Waals surface area contributed by atoms with E-state index in [1.54, 1.807) is 6.92 Å². The van der Waals surface area contributed by atoms with Crippen LogP contribution in [0.4, 0.5) is 0 Å². The highest BCUT2D eigenvalue weighted by Gasteiger charge is 2.04. The van der Waals surface area contributed by atoms with Gasteiger partial charge >= 0.3 is 5.97 Å². The van der Waals surface area contributed by atoms with Crippen molar-refractivity contribution in [1.82, 2.24) is 0 Å². The largest absolute Gasteiger partial charge is 0.463 e. The summed E-state index contributed by atoms with van der Waals surface area (Å²) in [5.41, 5.74) is 1.89. The monoisotopic (exact) mass is 238 g/mol. The van der Waals surface area contributed by atoms with Crippen molar-refractivity contribution in [1.29, 1.82) is 0 Å². The van der Waals surface area contributed by atoms with Crippen molar-refractivity contribution in [3.8, 4) is 0 Å². The lowest BCUT2D eigenvalue weighted by atomic mass is 10.0. The lowest BCUT2D eigenvalue weighted by Crippen LogP contribution is -2.00. The summed E-state index contributed by atoms with van der Waals surface area (Å²) in [5.74, 6) is -0.306. The van der Waals surface area contributed by atoms with Gasteiger partial charge in [-0.15, -0.1) is 0 Å². The third-order valence-corrected chi connectivity index (χ3v) is 2.39. The fraction of sp³-hybridized carbons (Fsp3) is 0.308. The zero-order valence-corrected chi connectivity index (χ0v) is 10.3. The van der Waals surface area contributed by atoms with Crippen LogP contribution >= 0.6 is 11.6 Å². The molecule has 0 heterocycles. The van der Waals surface area contributed by atoms with Gasteiger partial charge in [-0.2, -0.15) is 0 Å². The summed E-state index contributed by atoms with van der Waals surface area (Å²) in [6, 6.07) is 7.45. The Morgan fingerprint density at radius 1 is 1.44 bits per heavy atom. The van der Waals surface area contributed by atoms with E-state index in [1.807, 2.05) is 31.2 Å². The first kappa shape index (κ1) is 12.8. The lowest BCUT2D eigenvalue weighted by molar-refractivity contribution is -0.137. The minimum absolute atomic E-state index is 0.306. The Morgan fingerprint density at radius 2 is 2.19 bits per heavy atom. The van der Waals surface area contributed by atoms with Crippen LogP contribution in [0.25, 0.3) is 5.57 Å². The molecule has 0 atom stereocenters. The Bertz CT molecular complexity index is 397. The number of benzene rings is 1. The molecule has 86 valence electrons. The molecular formula is C13H15ClO2. The molecule has 0 aromatic heterocycles. The summed E-state index contributed by atoms with van der Waals surface area (Å²) in [7, 11) is 0. The van der Waals surface area contributed by atoms with Crippen LogP contribution < -0.4 is 0 Å². The highest BCUT2D eigenvalue weighted by Crippen LogP contribution is 2.21. The molecule has 0 amide bonds. The summed E-state index contributed by atoms with van der Waals surface area (Å²) in [6.45, 7) is 4.17. The van der Waals surface area contributed by atoms with E-state index in [9.17, 15) is 4.79 Å². The molecule has 0 fully saturated rings. The number of carbonyl (C=O) groups is 1. The molecule has 1 rings (SSSR count). The van der Waals surface area contributed by atoms with Crippen molar-refractivity contribution in [2.75, 3.05) is 6.61 Å². The van der Waals surface area contributed by atoms with E-state index in [1.165, 1.54) is 6.08 Å². The Balaban J connectivity index is 2.94. The van der Waals surface area contributed by atoms with E-state index in [0.717, 1.165) is 17.6 Å². The number of hydrogen-bond acceptors (Lipinski definition) is 2. The molecule has 0 spiro atoms. The molecule has 0 bridgehead atoms. The van der Waals surface area contributed by atoms with Crippen LogP contribution in [-0.4, -0.2) is 12.6 Å². The van der Waals surface area contributed by atoms with Crippen molar-refractivity contribution in [2.45, 2.75) is 20.3 Å². The fourth-order valence-corrected chi connectivity index (χ4v) is 1.59. The van der Waals surface area contributed by atoms with Crippen molar-refractivity contribution < 1.29 is 9.53 Å². The van der Waals surface area contributed by atoms with Gasteiger partial charge < -0.3 is 4.74 Å². The van der Waals surface area contributed by atoms with Crippen LogP contribution in [0.2, 0.25) is 5.02 Å². The van der Waals surface area contributed by atoms with E-state index >= 15 is 0 Å². The Morgan fingerprint density at radius 3 is 2.75 bits per heavy atom. The maximum absolute atomic E-state index is 11.3. The van der Waals surface area contributed by atoms with Gasteiger partial charge in [-0.05, 0) is 36.6 Å². The van der Waals surface area contributed by atoms with Crippen LogP contribution in [0.3, 0.4) is 0 Å². The zero-order valence-electron chi connectivity index (χ0n) is 9.50. The number of allylic oxidation sites excluding steroid dienone is 1.